The summed E-state index contributed by atoms with van der Waals surface area (Å²) in [7, 11) is 0. The number of nitrogens with zero attached hydrogens (tertiary/aromatic N) is 1. The van der Waals surface area contributed by atoms with Crippen LogP contribution in [-0.2, 0) is 20.9 Å². The molecule has 3 rings (SSSR count). The van der Waals surface area contributed by atoms with E-state index in [1.165, 1.54) is 0 Å². The van der Waals surface area contributed by atoms with E-state index in [0.29, 0.717) is 44.5 Å². The van der Waals surface area contributed by atoms with Crippen LogP contribution in [0.4, 0.5) is 0 Å². The van der Waals surface area contributed by atoms with Crippen molar-refractivity contribution >= 4 is 17.8 Å². The van der Waals surface area contributed by atoms with Crippen LogP contribution in [-0.4, -0.2) is 40.4 Å². The number of rotatable bonds is 12. The van der Waals surface area contributed by atoms with Crippen LogP contribution in [0.25, 0.3) is 0 Å². The summed E-state index contributed by atoms with van der Waals surface area (Å²) in [4.78, 5) is 40.6. The molecule has 200 valence electrons. The first kappa shape index (κ1) is 28.2. The molecule has 37 heavy (non-hydrogen) atoms. The number of likely N-dealkylation sites (tertiary alicyclic amines) is 1. The van der Waals surface area contributed by atoms with Gasteiger partial charge in [0.15, 0.2) is 0 Å². The maximum Gasteiger partial charge on any atom is 0.307 e. The Hall–Kier alpha value is -3.35. The van der Waals surface area contributed by atoms with Crippen molar-refractivity contribution in [3.63, 3.8) is 0 Å². The number of benzene rings is 2. The lowest BCUT2D eigenvalue weighted by Crippen LogP contribution is -2.50. The molecule has 2 aromatic rings. The maximum absolute atomic E-state index is 13.5. The molecule has 1 aliphatic heterocycles. The summed E-state index contributed by atoms with van der Waals surface area (Å²) in [6.07, 6.45) is 3.81. The van der Waals surface area contributed by atoms with Crippen molar-refractivity contribution in [3.05, 3.63) is 60.2 Å². The van der Waals surface area contributed by atoms with E-state index in [0.717, 1.165) is 24.2 Å². The number of aliphatic carboxylic acids is 1. The molecule has 0 aromatic heterocycles. The third-order valence-electron chi connectivity index (χ3n) is 6.81. The number of carboxylic acid groups (broad SMARTS) is 1. The Morgan fingerprint density at radius 1 is 1.05 bits per heavy atom. The highest BCUT2D eigenvalue weighted by atomic mass is 16.5. The van der Waals surface area contributed by atoms with Gasteiger partial charge in [0.05, 0.1) is 11.8 Å². The molecule has 1 fully saturated rings. The van der Waals surface area contributed by atoms with Crippen molar-refractivity contribution < 1.29 is 24.2 Å². The van der Waals surface area contributed by atoms with Crippen molar-refractivity contribution in [1.29, 1.82) is 0 Å². The van der Waals surface area contributed by atoms with E-state index in [1.807, 2.05) is 75.4 Å². The van der Waals surface area contributed by atoms with Crippen LogP contribution in [0.3, 0.4) is 0 Å². The number of hydrogen-bond donors (Lipinski definition) is 2. The summed E-state index contributed by atoms with van der Waals surface area (Å²) < 4.78 is 5.94. The molecule has 2 aromatic carbocycles. The lowest BCUT2D eigenvalue weighted by atomic mass is 9.82. The monoisotopic (exact) mass is 508 g/mol. The molecule has 7 nitrogen and oxygen atoms in total. The lowest BCUT2D eigenvalue weighted by Gasteiger charge is -2.29. The van der Waals surface area contributed by atoms with Crippen LogP contribution in [0.2, 0.25) is 0 Å². The molecular weight excluding hydrogens is 468 g/mol. The second-order valence-corrected chi connectivity index (χ2v) is 10.3. The number of hydrogen-bond acceptors (Lipinski definition) is 4. The second kappa shape index (κ2) is 13.8. The molecule has 0 aliphatic carbocycles. The first-order valence-corrected chi connectivity index (χ1v) is 13.4. The number of carbonyl (C=O) groups excluding carboxylic acids is 2. The Bertz CT molecular complexity index is 1040. The average Bonchev–Trinajstić information content (AvgIpc) is 3.03. The topological polar surface area (TPSA) is 95.9 Å². The van der Waals surface area contributed by atoms with E-state index in [9.17, 15) is 19.5 Å². The standard InChI is InChI=1S/C30H40N2O5/c1-4-11-25(30(35)36)26(18-21(2)3)28(33)31-27-16-8-9-17-32(29(27)34)20-22-12-10-15-24(19-22)37-23-13-6-5-7-14-23/h5-7,10,12-15,19,21,25-27H,4,8-9,11,16-18,20H2,1-3H3,(H,31,33)(H,35,36)/t25-,26?,27-/m0/s1. The number of amides is 2. The van der Waals surface area contributed by atoms with Gasteiger partial charge >= 0.3 is 5.97 Å². The number of ether oxygens (including phenoxy) is 1. The fraction of sp³-hybridized carbons (Fsp3) is 0.500. The summed E-state index contributed by atoms with van der Waals surface area (Å²) >= 11 is 0. The minimum absolute atomic E-state index is 0.120. The minimum Gasteiger partial charge on any atom is -0.481 e. The lowest BCUT2D eigenvalue weighted by molar-refractivity contribution is -0.148. The van der Waals surface area contributed by atoms with Crippen LogP contribution in [0.1, 0.15) is 64.9 Å². The number of nitrogens with one attached hydrogen (secondary N) is 1. The molecule has 0 spiro atoms. The van der Waals surface area contributed by atoms with E-state index in [-0.39, 0.29) is 17.7 Å². The molecule has 1 heterocycles. The zero-order valence-electron chi connectivity index (χ0n) is 22.2. The molecule has 2 N–H and O–H groups in total. The normalized spacial score (nSPS) is 17.7. The summed E-state index contributed by atoms with van der Waals surface area (Å²) in [5.41, 5.74) is 0.945. The molecule has 0 saturated carbocycles. The quantitative estimate of drug-likeness (QED) is 0.387. The van der Waals surface area contributed by atoms with Crippen molar-refractivity contribution in [1.82, 2.24) is 10.2 Å². The number of para-hydroxylation sites is 1. The van der Waals surface area contributed by atoms with E-state index < -0.39 is 23.8 Å². The average molecular weight is 509 g/mol. The first-order valence-electron chi connectivity index (χ1n) is 13.4. The Balaban J connectivity index is 1.71. The van der Waals surface area contributed by atoms with Gasteiger partial charge in [-0.1, -0.05) is 57.5 Å². The van der Waals surface area contributed by atoms with E-state index in [2.05, 4.69) is 5.32 Å². The van der Waals surface area contributed by atoms with Gasteiger partial charge in [-0.2, -0.15) is 0 Å². The molecule has 2 amide bonds. The molecule has 0 radical (unpaired) electrons. The summed E-state index contributed by atoms with van der Waals surface area (Å²) in [5.74, 6) is -1.20. The largest absolute Gasteiger partial charge is 0.481 e. The predicted octanol–water partition coefficient (Wildman–Crippen LogP) is 5.64. The van der Waals surface area contributed by atoms with Crippen LogP contribution < -0.4 is 10.1 Å². The third-order valence-corrected chi connectivity index (χ3v) is 6.81. The van der Waals surface area contributed by atoms with Gasteiger partial charge in [-0.05, 0) is 67.9 Å². The van der Waals surface area contributed by atoms with Gasteiger partial charge in [-0.15, -0.1) is 0 Å². The molecular formula is C30H40N2O5. The number of carboxylic acids is 1. The Labute approximate surface area is 220 Å². The summed E-state index contributed by atoms with van der Waals surface area (Å²) in [6.45, 7) is 6.92. The zero-order chi connectivity index (χ0) is 26.8. The van der Waals surface area contributed by atoms with Gasteiger partial charge in [0.2, 0.25) is 11.8 Å². The van der Waals surface area contributed by atoms with Crippen molar-refractivity contribution in [2.45, 2.75) is 71.9 Å². The summed E-state index contributed by atoms with van der Waals surface area (Å²) in [5, 5.41) is 12.7. The molecule has 0 bridgehead atoms. The Morgan fingerprint density at radius 3 is 2.46 bits per heavy atom. The van der Waals surface area contributed by atoms with Gasteiger partial charge in [0, 0.05) is 13.1 Å². The van der Waals surface area contributed by atoms with Crippen molar-refractivity contribution in [2.75, 3.05) is 6.54 Å². The van der Waals surface area contributed by atoms with E-state index in [1.54, 1.807) is 4.90 Å². The minimum atomic E-state index is -0.950. The van der Waals surface area contributed by atoms with Crippen molar-refractivity contribution in [2.24, 2.45) is 17.8 Å². The van der Waals surface area contributed by atoms with Gasteiger partial charge in [-0.25, -0.2) is 0 Å². The Kier molecular flexibility index (Phi) is 10.5. The van der Waals surface area contributed by atoms with Gasteiger partial charge in [-0.3, -0.25) is 14.4 Å². The SMILES string of the molecule is CCC[C@H](C(=O)O)C(CC(C)C)C(=O)N[C@H]1CCCCN(Cc2cccc(Oc3ccccc3)c2)C1=O. The molecule has 1 unspecified atom stereocenters. The zero-order valence-corrected chi connectivity index (χ0v) is 22.2. The van der Waals surface area contributed by atoms with Gasteiger partial charge in [0.25, 0.3) is 0 Å². The van der Waals surface area contributed by atoms with Gasteiger partial charge in [0.1, 0.15) is 17.5 Å². The molecule has 1 aliphatic rings. The van der Waals surface area contributed by atoms with E-state index in [4.69, 9.17) is 4.74 Å². The molecule has 7 heteroatoms. The molecule has 3 atom stereocenters. The number of carbonyl (C=O) groups is 3. The fourth-order valence-corrected chi connectivity index (χ4v) is 5.00. The molecule has 1 saturated heterocycles. The smallest absolute Gasteiger partial charge is 0.307 e. The fourth-order valence-electron chi connectivity index (χ4n) is 5.00. The van der Waals surface area contributed by atoms with Crippen LogP contribution in [0.5, 0.6) is 11.5 Å². The highest BCUT2D eigenvalue weighted by Crippen LogP contribution is 2.27. The summed E-state index contributed by atoms with van der Waals surface area (Å²) in [6, 6.07) is 16.6. The van der Waals surface area contributed by atoms with Crippen LogP contribution in [0.15, 0.2) is 54.6 Å². The van der Waals surface area contributed by atoms with Gasteiger partial charge < -0.3 is 20.1 Å². The third kappa shape index (κ3) is 8.34. The van der Waals surface area contributed by atoms with Crippen molar-refractivity contribution in [3.8, 4) is 11.5 Å². The first-order chi connectivity index (χ1) is 17.8. The van der Waals surface area contributed by atoms with Crippen LogP contribution >= 0.6 is 0 Å². The van der Waals surface area contributed by atoms with E-state index >= 15 is 0 Å². The highest BCUT2D eigenvalue weighted by molar-refractivity contribution is 5.90. The Morgan fingerprint density at radius 2 is 1.78 bits per heavy atom. The maximum atomic E-state index is 13.5. The highest BCUT2D eigenvalue weighted by Gasteiger charge is 2.36. The second-order valence-electron chi connectivity index (χ2n) is 10.3. The van der Waals surface area contributed by atoms with Crippen LogP contribution in [0, 0.1) is 17.8 Å². The predicted molar refractivity (Wildman–Crippen MR) is 143 cm³/mol.